The van der Waals surface area contributed by atoms with Crippen molar-refractivity contribution in [2.24, 2.45) is 11.8 Å². The van der Waals surface area contributed by atoms with E-state index in [-0.39, 0.29) is 0 Å². The third-order valence-electron chi connectivity index (χ3n) is 0.943. The maximum Gasteiger partial charge on any atom is -0.0469 e. The van der Waals surface area contributed by atoms with Crippen LogP contribution in [0.2, 0.25) is 0 Å². The van der Waals surface area contributed by atoms with Crippen LogP contribution in [0.5, 0.6) is 0 Å². The van der Waals surface area contributed by atoms with Gasteiger partial charge in [-0.25, -0.2) is 0 Å². The Morgan fingerprint density at radius 1 is 0.368 bits per heavy atom. The van der Waals surface area contributed by atoms with Gasteiger partial charge in [-0.15, -0.1) is 0 Å². The van der Waals surface area contributed by atoms with Gasteiger partial charge in [0.25, 0.3) is 0 Å². The Bertz CT molecular complexity index is 29.3. The van der Waals surface area contributed by atoms with Crippen molar-refractivity contribution >= 4 is 0 Å². The van der Waals surface area contributed by atoms with Crippen LogP contribution in [0, 0.1) is 11.8 Å². The molecule has 0 aliphatic heterocycles. The SMILES string of the molecule is CC.CC.CC.CC.CC.CC.CC(C)CC(C)C. The molecule has 0 aromatic carbocycles. The van der Waals surface area contributed by atoms with Gasteiger partial charge in [0.2, 0.25) is 0 Å². The van der Waals surface area contributed by atoms with E-state index in [0.29, 0.717) is 0 Å². The van der Waals surface area contributed by atoms with Crippen LogP contribution in [-0.4, -0.2) is 0 Å². The van der Waals surface area contributed by atoms with Crippen molar-refractivity contribution in [2.75, 3.05) is 0 Å². The quantitative estimate of drug-likeness (QED) is 0.474. The average molecular weight is 281 g/mol. The Hall–Kier alpha value is 0. The van der Waals surface area contributed by atoms with Gasteiger partial charge in [0.15, 0.2) is 0 Å². The fourth-order valence-electron chi connectivity index (χ4n) is 0.943. The first-order chi connectivity index (χ1) is 9.13. The predicted octanol–water partition coefficient (Wildman–Crippen LogP) is 8.85. The third kappa shape index (κ3) is 288. The molecular formula is C19H52. The van der Waals surface area contributed by atoms with E-state index in [4.69, 9.17) is 0 Å². The van der Waals surface area contributed by atoms with E-state index in [1.54, 1.807) is 0 Å². The van der Waals surface area contributed by atoms with Gasteiger partial charge in [0.1, 0.15) is 0 Å². The molecule has 0 nitrogen and oxygen atoms in total. The van der Waals surface area contributed by atoms with Crippen LogP contribution >= 0.6 is 0 Å². The van der Waals surface area contributed by atoms with Crippen molar-refractivity contribution in [3.05, 3.63) is 0 Å². The van der Waals surface area contributed by atoms with Crippen LogP contribution in [0.15, 0.2) is 0 Å². The molecule has 0 amide bonds. The monoisotopic (exact) mass is 280 g/mol. The van der Waals surface area contributed by atoms with Gasteiger partial charge in [-0.1, -0.05) is 111 Å². The van der Waals surface area contributed by atoms with Gasteiger partial charge in [-0.2, -0.15) is 0 Å². The third-order valence-corrected chi connectivity index (χ3v) is 0.943. The molecule has 0 heteroatoms. The topological polar surface area (TPSA) is 0 Å². The van der Waals surface area contributed by atoms with Gasteiger partial charge in [0.05, 0.1) is 0 Å². The summed E-state index contributed by atoms with van der Waals surface area (Å²) >= 11 is 0. The summed E-state index contributed by atoms with van der Waals surface area (Å²) in [5, 5.41) is 0. The highest BCUT2D eigenvalue weighted by Crippen LogP contribution is 2.08. The highest BCUT2D eigenvalue weighted by Gasteiger charge is 1.95. The molecule has 128 valence electrons. The maximum atomic E-state index is 2.26. The van der Waals surface area contributed by atoms with Crippen LogP contribution in [-0.2, 0) is 0 Å². The Morgan fingerprint density at radius 2 is 0.474 bits per heavy atom. The first-order valence-electron chi connectivity index (χ1n) is 9.13. The molecule has 0 atom stereocenters. The molecule has 0 saturated carbocycles. The van der Waals surface area contributed by atoms with Gasteiger partial charge in [0, 0.05) is 0 Å². The second-order valence-electron chi connectivity index (χ2n) is 3.02. The standard InChI is InChI=1S/C7H16.6C2H6/c1-6(2)5-7(3)4;6*1-2/h6-7H,5H2,1-4H3;6*1-2H3. The normalized spacial score (nSPS) is 6.00. The lowest BCUT2D eigenvalue weighted by molar-refractivity contribution is 0.469. The van der Waals surface area contributed by atoms with Crippen LogP contribution < -0.4 is 0 Å². The lowest BCUT2D eigenvalue weighted by Crippen LogP contribution is -1.93. The molecule has 0 bridgehead atoms. The summed E-state index contributed by atoms with van der Waals surface area (Å²) in [4.78, 5) is 0. The van der Waals surface area contributed by atoms with Crippen LogP contribution in [0.25, 0.3) is 0 Å². The van der Waals surface area contributed by atoms with E-state index in [2.05, 4.69) is 27.7 Å². The van der Waals surface area contributed by atoms with Gasteiger partial charge < -0.3 is 0 Å². The lowest BCUT2D eigenvalue weighted by Gasteiger charge is -2.05. The molecule has 0 rings (SSSR count). The molecule has 0 unspecified atom stereocenters. The second-order valence-corrected chi connectivity index (χ2v) is 3.02. The molecule has 0 aliphatic carbocycles. The van der Waals surface area contributed by atoms with E-state index in [1.165, 1.54) is 6.42 Å². The molecular weight excluding hydrogens is 228 g/mol. The smallest absolute Gasteiger partial charge is 0.0469 e. The Balaban J connectivity index is -0.0000000205. The van der Waals surface area contributed by atoms with Crippen LogP contribution in [0.1, 0.15) is 117 Å². The fraction of sp³-hybridized carbons (Fsp3) is 1.00. The molecule has 0 aromatic heterocycles. The molecule has 0 saturated heterocycles. The van der Waals surface area contributed by atoms with Crippen molar-refractivity contribution in [2.45, 2.75) is 117 Å². The zero-order valence-electron chi connectivity index (χ0n) is 17.9. The van der Waals surface area contributed by atoms with Gasteiger partial charge in [-0.05, 0) is 18.3 Å². The summed E-state index contributed by atoms with van der Waals surface area (Å²) in [5.41, 5.74) is 0. The van der Waals surface area contributed by atoms with Gasteiger partial charge in [-0.3, -0.25) is 0 Å². The molecule has 0 heterocycles. The molecule has 19 heavy (non-hydrogen) atoms. The zero-order chi connectivity index (χ0) is 17.9. The van der Waals surface area contributed by atoms with Crippen molar-refractivity contribution in [3.63, 3.8) is 0 Å². The number of hydrogen-bond acceptors (Lipinski definition) is 0. The van der Waals surface area contributed by atoms with E-state index in [9.17, 15) is 0 Å². The summed E-state index contributed by atoms with van der Waals surface area (Å²) in [5.74, 6) is 1.75. The van der Waals surface area contributed by atoms with Crippen molar-refractivity contribution in [1.82, 2.24) is 0 Å². The predicted molar refractivity (Wildman–Crippen MR) is 102 cm³/mol. The highest BCUT2D eigenvalue weighted by molar-refractivity contribution is 4.47. The second kappa shape index (κ2) is 106. The van der Waals surface area contributed by atoms with E-state index < -0.39 is 0 Å². The molecule has 0 fully saturated rings. The number of rotatable bonds is 2. The Morgan fingerprint density at radius 3 is 0.474 bits per heavy atom. The molecule has 0 spiro atoms. The van der Waals surface area contributed by atoms with Gasteiger partial charge >= 0.3 is 0 Å². The fourth-order valence-corrected chi connectivity index (χ4v) is 0.943. The summed E-state index contributed by atoms with van der Waals surface area (Å²) in [6, 6.07) is 0. The Kier molecular flexibility index (Phi) is 239. The summed E-state index contributed by atoms with van der Waals surface area (Å²) in [7, 11) is 0. The molecule has 0 N–H and O–H groups in total. The minimum Gasteiger partial charge on any atom is -0.0683 e. The summed E-state index contributed by atoms with van der Waals surface area (Å²) in [6.45, 7) is 33.1. The highest BCUT2D eigenvalue weighted by atomic mass is 14.0. The van der Waals surface area contributed by atoms with E-state index >= 15 is 0 Å². The summed E-state index contributed by atoms with van der Waals surface area (Å²) < 4.78 is 0. The average Bonchev–Trinajstić information content (AvgIpc) is 2.50. The van der Waals surface area contributed by atoms with Crippen molar-refractivity contribution < 1.29 is 0 Å². The first kappa shape index (κ1) is 42.8. The Labute approximate surface area is 129 Å². The van der Waals surface area contributed by atoms with Crippen molar-refractivity contribution in [1.29, 1.82) is 0 Å². The van der Waals surface area contributed by atoms with E-state index in [1.807, 2.05) is 83.1 Å². The molecule has 0 aliphatic rings. The minimum absolute atomic E-state index is 0.875. The van der Waals surface area contributed by atoms with E-state index in [0.717, 1.165) is 11.8 Å². The van der Waals surface area contributed by atoms with Crippen LogP contribution in [0.4, 0.5) is 0 Å². The first-order valence-corrected chi connectivity index (χ1v) is 9.13. The van der Waals surface area contributed by atoms with Crippen molar-refractivity contribution in [3.8, 4) is 0 Å². The molecule has 0 aromatic rings. The maximum absolute atomic E-state index is 2.26. The zero-order valence-corrected chi connectivity index (χ0v) is 17.9. The number of hydrogen-bond donors (Lipinski definition) is 0. The minimum atomic E-state index is 0.875. The summed E-state index contributed by atoms with van der Waals surface area (Å²) in [6.07, 6.45) is 1.36. The lowest BCUT2D eigenvalue weighted by atomic mass is 10.0. The largest absolute Gasteiger partial charge is 0.0683 e. The van der Waals surface area contributed by atoms with Crippen LogP contribution in [0.3, 0.4) is 0 Å². The molecule has 0 radical (unpaired) electrons.